The Labute approximate surface area is 119 Å². The van der Waals surface area contributed by atoms with Crippen LogP contribution in [0.3, 0.4) is 0 Å². The molecule has 0 unspecified atom stereocenters. The van der Waals surface area contributed by atoms with E-state index in [1.54, 1.807) is 12.1 Å². The third-order valence-electron chi connectivity index (χ3n) is 2.53. The standard InChI is InChI=1S/C15H14N2O.C2H6/c1-3-7-11(8-4-2)14-16-13-10-6-5-9-12(13)15(18)17-14;1-2/h3-10H,1H2,2H3,(H,16,17,18);1-2H3/b8-4-,11-7+;. The summed E-state index contributed by atoms with van der Waals surface area (Å²) in [4.78, 5) is 19.2. The highest BCUT2D eigenvalue weighted by Gasteiger charge is 2.04. The Hall–Kier alpha value is -2.42. The quantitative estimate of drug-likeness (QED) is 0.852. The summed E-state index contributed by atoms with van der Waals surface area (Å²) in [5.41, 5.74) is 1.39. The van der Waals surface area contributed by atoms with Crippen molar-refractivity contribution < 1.29 is 0 Å². The summed E-state index contributed by atoms with van der Waals surface area (Å²) in [5.74, 6) is 0.553. The van der Waals surface area contributed by atoms with Gasteiger partial charge in [0.25, 0.3) is 5.56 Å². The van der Waals surface area contributed by atoms with Crippen LogP contribution in [0.1, 0.15) is 26.6 Å². The van der Waals surface area contributed by atoms with Crippen LogP contribution in [0.4, 0.5) is 0 Å². The molecule has 3 heteroatoms. The van der Waals surface area contributed by atoms with Crippen molar-refractivity contribution >= 4 is 16.5 Å². The zero-order valence-electron chi connectivity index (χ0n) is 12.2. The van der Waals surface area contributed by atoms with E-state index in [0.717, 1.165) is 5.57 Å². The Morgan fingerprint density at radius 1 is 1.30 bits per heavy atom. The SMILES string of the molecule is C=C/C=C(\C=C/C)c1nc2ccccc2c(=O)[nH]1.CC. The fourth-order valence-electron chi connectivity index (χ4n) is 1.74. The average molecular weight is 268 g/mol. The minimum absolute atomic E-state index is 0.130. The van der Waals surface area contributed by atoms with Crippen molar-refractivity contribution in [3.05, 3.63) is 71.3 Å². The van der Waals surface area contributed by atoms with E-state index in [-0.39, 0.29) is 5.56 Å². The van der Waals surface area contributed by atoms with Crippen LogP contribution in [-0.2, 0) is 0 Å². The Bertz CT molecular complexity index is 693. The van der Waals surface area contributed by atoms with Gasteiger partial charge in [0.2, 0.25) is 0 Å². The summed E-state index contributed by atoms with van der Waals surface area (Å²) in [6.07, 6.45) is 7.26. The molecule has 2 rings (SSSR count). The molecular weight excluding hydrogens is 248 g/mol. The zero-order chi connectivity index (χ0) is 15.0. The third kappa shape index (κ3) is 3.54. The molecule has 0 bridgehead atoms. The molecule has 0 aliphatic rings. The minimum atomic E-state index is -0.130. The van der Waals surface area contributed by atoms with E-state index in [9.17, 15) is 4.79 Å². The van der Waals surface area contributed by atoms with Gasteiger partial charge in [-0.1, -0.05) is 56.9 Å². The van der Waals surface area contributed by atoms with Crippen LogP contribution in [0.2, 0.25) is 0 Å². The summed E-state index contributed by atoms with van der Waals surface area (Å²) in [6.45, 7) is 9.58. The molecule has 0 saturated heterocycles. The number of hydrogen-bond donors (Lipinski definition) is 1. The molecule has 0 fully saturated rings. The number of benzene rings is 1. The van der Waals surface area contributed by atoms with Crippen LogP contribution < -0.4 is 5.56 Å². The molecule has 1 heterocycles. The highest BCUT2D eigenvalue weighted by Crippen LogP contribution is 2.13. The van der Waals surface area contributed by atoms with Crippen molar-refractivity contribution in [3.8, 4) is 0 Å². The van der Waals surface area contributed by atoms with Gasteiger partial charge in [0.05, 0.1) is 10.9 Å². The molecule has 0 aliphatic heterocycles. The normalized spacial score (nSPS) is 11.2. The Kier molecular flexibility index (Phi) is 6.17. The number of H-pyrrole nitrogens is 1. The van der Waals surface area contributed by atoms with Crippen molar-refractivity contribution in [2.45, 2.75) is 20.8 Å². The summed E-state index contributed by atoms with van der Waals surface area (Å²) in [5, 5.41) is 0.597. The van der Waals surface area contributed by atoms with E-state index < -0.39 is 0 Å². The van der Waals surface area contributed by atoms with Crippen molar-refractivity contribution in [2.24, 2.45) is 0 Å². The molecule has 0 atom stereocenters. The lowest BCUT2D eigenvalue weighted by Gasteiger charge is -2.03. The van der Waals surface area contributed by atoms with Crippen LogP contribution in [0.25, 0.3) is 16.5 Å². The van der Waals surface area contributed by atoms with Crippen molar-refractivity contribution in [1.82, 2.24) is 9.97 Å². The molecule has 2 aromatic rings. The van der Waals surface area contributed by atoms with E-state index in [2.05, 4.69) is 16.5 Å². The smallest absolute Gasteiger partial charge is 0.259 e. The van der Waals surface area contributed by atoms with Crippen LogP contribution in [0, 0.1) is 0 Å². The number of allylic oxidation sites excluding steroid dienone is 5. The minimum Gasteiger partial charge on any atom is -0.306 e. The maximum absolute atomic E-state index is 11.9. The van der Waals surface area contributed by atoms with Gasteiger partial charge < -0.3 is 4.98 Å². The average Bonchev–Trinajstić information content (AvgIpc) is 2.49. The molecule has 1 aromatic heterocycles. The van der Waals surface area contributed by atoms with Gasteiger partial charge in [0, 0.05) is 5.57 Å². The molecule has 0 aliphatic carbocycles. The first kappa shape index (κ1) is 15.6. The summed E-state index contributed by atoms with van der Waals surface area (Å²) in [6, 6.07) is 7.28. The van der Waals surface area contributed by atoms with Crippen LogP contribution in [0.5, 0.6) is 0 Å². The van der Waals surface area contributed by atoms with Gasteiger partial charge in [-0.3, -0.25) is 4.79 Å². The number of hydrogen-bond acceptors (Lipinski definition) is 2. The third-order valence-corrected chi connectivity index (χ3v) is 2.53. The fourth-order valence-corrected chi connectivity index (χ4v) is 1.74. The van der Waals surface area contributed by atoms with Crippen LogP contribution >= 0.6 is 0 Å². The van der Waals surface area contributed by atoms with Crippen LogP contribution in [-0.4, -0.2) is 9.97 Å². The van der Waals surface area contributed by atoms with E-state index in [4.69, 9.17) is 0 Å². The predicted octanol–water partition coefficient (Wildman–Crippen LogP) is 4.09. The van der Waals surface area contributed by atoms with Gasteiger partial charge in [0.15, 0.2) is 0 Å². The van der Waals surface area contributed by atoms with Crippen molar-refractivity contribution in [3.63, 3.8) is 0 Å². The number of rotatable bonds is 3. The fraction of sp³-hybridized carbons (Fsp3) is 0.176. The van der Waals surface area contributed by atoms with Crippen molar-refractivity contribution in [2.75, 3.05) is 0 Å². The molecule has 1 aromatic carbocycles. The second kappa shape index (κ2) is 7.89. The highest BCUT2D eigenvalue weighted by molar-refractivity contribution is 5.80. The summed E-state index contributed by atoms with van der Waals surface area (Å²) < 4.78 is 0. The lowest BCUT2D eigenvalue weighted by Crippen LogP contribution is -2.11. The number of aromatic amines is 1. The number of nitrogens with one attached hydrogen (secondary N) is 1. The molecule has 0 spiro atoms. The lowest BCUT2D eigenvalue weighted by molar-refractivity contribution is 1.13. The monoisotopic (exact) mass is 268 g/mol. The summed E-state index contributed by atoms with van der Waals surface area (Å²) >= 11 is 0. The van der Waals surface area contributed by atoms with Gasteiger partial charge in [0.1, 0.15) is 5.82 Å². The second-order valence-electron chi connectivity index (χ2n) is 3.79. The van der Waals surface area contributed by atoms with E-state index in [1.165, 1.54) is 0 Å². The first-order valence-corrected chi connectivity index (χ1v) is 6.71. The maximum atomic E-state index is 11.9. The molecule has 1 N–H and O–H groups in total. The van der Waals surface area contributed by atoms with Gasteiger partial charge >= 0.3 is 0 Å². The molecule has 3 nitrogen and oxygen atoms in total. The largest absolute Gasteiger partial charge is 0.306 e. The molecule has 0 radical (unpaired) electrons. The second-order valence-corrected chi connectivity index (χ2v) is 3.79. The van der Waals surface area contributed by atoms with Gasteiger partial charge in [-0.2, -0.15) is 0 Å². The predicted molar refractivity (Wildman–Crippen MR) is 86.7 cm³/mol. The van der Waals surface area contributed by atoms with E-state index >= 15 is 0 Å². The molecule has 20 heavy (non-hydrogen) atoms. The Balaban J connectivity index is 0.000000956. The maximum Gasteiger partial charge on any atom is 0.259 e. The Morgan fingerprint density at radius 2 is 2.00 bits per heavy atom. The molecule has 104 valence electrons. The number of para-hydroxylation sites is 1. The van der Waals surface area contributed by atoms with Gasteiger partial charge in [-0.25, -0.2) is 4.98 Å². The zero-order valence-corrected chi connectivity index (χ0v) is 12.2. The molecule has 0 saturated carbocycles. The molecule has 0 amide bonds. The highest BCUT2D eigenvalue weighted by atomic mass is 16.1. The topological polar surface area (TPSA) is 45.8 Å². The first-order valence-electron chi connectivity index (χ1n) is 6.71. The van der Waals surface area contributed by atoms with Gasteiger partial charge in [-0.05, 0) is 19.1 Å². The lowest BCUT2D eigenvalue weighted by atomic mass is 10.2. The van der Waals surface area contributed by atoms with E-state index in [0.29, 0.717) is 16.7 Å². The number of fused-ring (bicyclic) bond motifs is 1. The number of aromatic nitrogens is 2. The van der Waals surface area contributed by atoms with Gasteiger partial charge in [-0.15, -0.1) is 0 Å². The summed E-state index contributed by atoms with van der Waals surface area (Å²) in [7, 11) is 0. The number of nitrogens with zero attached hydrogens (tertiary/aromatic N) is 1. The first-order chi connectivity index (χ1) is 9.76. The van der Waals surface area contributed by atoms with Crippen LogP contribution in [0.15, 0.2) is 59.9 Å². The molecular formula is C17H20N2O. The van der Waals surface area contributed by atoms with Crippen molar-refractivity contribution in [1.29, 1.82) is 0 Å². The Morgan fingerprint density at radius 3 is 2.65 bits per heavy atom. The van der Waals surface area contributed by atoms with E-state index in [1.807, 2.05) is 57.2 Å².